The molecule has 1 aromatic rings. The van der Waals surface area contributed by atoms with Crippen LogP contribution in [-0.2, 0) is 4.79 Å². The van der Waals surface area contributed by atoms with Crippen LogP contribution in [0.15, 0.2) is 18.2 Å². The van der Waals surface area contributed by atoms with Crippen LogP contribution in [0.1, 0.15) is 12.8 Å². The zero-order valence-corrected chi connectivity index (χ0v) is 10.3. The first-order valence-corrected chi connectivity index (χ1v) is 6.00. The van der Waals surface area contributed by atoms with Crippen LogP contribution in [0.4, 0.5) is 17.1 Å². The molecule has 1 atom stereocenters. The second-order valence-electron chi connectivity index (χ2n) is 4.63. The Hall–Kier alpha value is -2.31. The van der Waals surface area contributed by atoms with Gasteiger partial charge in [-0.3, -0.25) is 14.9 Å². The molecule has 3 N–H and O–H groups in total. The first-order chi connectivity index (χ1) is 8.99. The van der Waals surface area contributed by atoms with Crippen molar-refractivity contribution in [2.24, 2.45) is 5.92 Å². The number of carbonyl (C=O) groups is 1. The summed E-state index contributed by atoms with van der Waals surface area (Å²) in [5, 5.41) is 20.1. The number of nitro benzene ring substituents is 1. The molecule has 0 bridgehead atoms. The van der Waals surface area contributed by atoms with Crippen molar-refractivity contribution in [1.29, 1.82) is 0 Å². The van der Waals surface area contributed by atoms with Gasteiger partial charge in [-0.25, -0.2) is 0 Å². The fourth-order valence-electron chi connectivity index (χ4n) is 2.35. The molecule has 7 heteroatoms. The lowest BCUT2D eigenvalue weighted by Crippen LogP contribution is -2.39. The highest BCUT2D eigenvalue weighted by atomic mass is 16.6. The lowest BCUT2D eigenvalue weighted by atomic mass is 9.97. The molecule has 1 fully saturated rings. The Labute approximate surface area is 109 Å². The number of nitrogens with zero attached hydrogens (tertiary/aromatic N) is 2. The number of piperidine rings is 1. The van der Waals surface area contributed by atoms with Gasteiger partial charge in [0.25, 0.3) is 5.69 Å². The highest BCUT2D eigenvalue weighted by molar-refractivity contribution is 5.73. The summed E-state index contributed by atoms with van der Waals surface area (Å²) >= 11 is 0. The molecular weight excluding hydrogens is 250 g/mol. The fraction of sp³-hybridized carbons (Fsp3) is 0.417. The van der Waals surface area contributed by atoms with E-state index in [9.17, 15) is 14.9 Å². The van der Waals surface area contributed by atoms with E-state index in [0.717, 1.165) is 0 Å². The van der Waals surface area contributed by atoms with Gasteiger partial charge in [-0.1, -0.05) is 0 Å². The normalized spacial score (nSPS) is 19.2. The van der Waals surface area contributed by atoms with Gasteiger partial charge in [-0.2, -0.15) is 0 Å². The maximum Gasteiger partial charge on any atom is 0.308 e. The van der Waals surface area contributed by atoms with E-state index in [2.05, 4.69) is 0 Å². The van der Waals surface area contributed by atoms with Crippen molar-refractivity contribution in [3.05, 3.63) is 28.3 Å². The number of anilines is 2. The van der Waals surface area contributed by atoms with E-state index in [0.29, 0.717) is 30.8 Å². The summed E-state index contributed by atoms with van der Waals surface area (Å²) in [5.41, 5.74) is 6.45. The third-order valence-corrected chi connectivity index (χ3v) is 3.31. The first-order valence-electron chi connectivity index (χ1n) is 6.00. The zero-order chi connectivity index (χ0) is 14.0. The number of hydrogen-bond acceptors (Lipinski definition) is 5. The molecule has 0 amide bonds. The summed E-state index contributed by atoms with van der Waals surface area (Å²) in [6.45, 7) is 0.883. The van der Waals surface area contributed by atoms with Crippen molar-refractivity contribution in [1.82, 2.24) is 0 Å². The van der Waals surface area contributed by atoms with Crippen LogP contribution in [0, 0.1) is 16.0 Å². The standard InChI is InChI=1S/C12H15N3O4/c13-9-3-4-10(15(18)19)11(6-9)14-5-1-2-8(7-14)12(16)17/h3-4,6,8H,1-2,5,7,13H2,(H,16,17). The smallest absolute Gasteiger partial charge is 0.308 e. The van der Waals surface area contributed by atoms with E-state index in [4.69, 9.17) is 10.8 Å². The minimum Gasteiger partial charge on any atom is -0.481 e. The quantitative estimate of drug-likeness (QED) is 0.486. The minimum absolute atomic E-state index is 0.0414. The fourth-order valence-corrected chi connectivity index (χ4v) is 2.35. The Balaban J connectivity index is 2.32. The Kier molecular flexibility index (Phi) is 3.55. The summed E-state index contributed by atoms with van der Waals surface area (Å²) in [7, 11) is 0. The Bertz CT molecular complexity index is 518. The van der Waals surface area contributed by atoms with E-state index in [-0.39, 0.29) is 12.2 Å². The monoisotopic (exact) mass is 265 g/mol. The van der Waals surface area contributed by atoms with Crippen LogP contribution in [0.2, 0.25) is 0 Å². The van der Waals surface area contributed by atoms with Crippen LogP contribution >= 0.6 is 0 Å². The summed E-state index contributed by atoms with van der Waals surface area (Å²) in [6.07, 6.45) is 1.30. The molecule has 1 unspecified atom stereocenters. The number of nitrogen functional groups attached to an aromatic ring is 1. The number of carboxylic acid groups (broad SMARTS) is 1. The Morgan fingerprint density at radius 2 is 2.26 bits per heavy atom. The van der Waals surface area contributed by atoms with Gasteiger partial charge in [0.2, 0.25) is 0 Å². The second kappa shape index (κ2) is 5.13. The lowest BCUT2D eigenvalue weighted by molar-refractivity contribution is -0.384. The molecule has 0 spiro atoms. The molecule has 0 aromatic heterocycles. The van der Waals surface area contributed by atoms with Gasteiger partial charge in [0, 0.05) is 24.8 Å². The van der Waals surface area contributed by atoms with E-state index >= 15 is 0 Å². The van der Waals surface area contributed by atoms with Gasteiger partial charge in [0.15, 0.2) is 0 Å². The average Bonchev–Trinajstić information content (AvgIpc) is 2.38. The van der Waals surface area contributed by atoms with Crippen molar-refractivity contribution < 1.29 is 14.8 Å². The SMILES string of the molecule is Nc1ccc([N+](=O)[O-])c(N2CCCC(C(=O)O)C2)c1. The molecule has 19 heavy (non-hydrogen) atoms. The maximum absolute atomic E-state index is 11.0. The van der Waals surface area contributed by atoms with Crippen LogP contribution < -0.4 is 10.6 Å². The van der Waals surface area contributed by atoms with Gasteiger partial charge in [0.1, 0.15) is 5.69 Å². The largest absolute Gasteiger partial charge is 0.481 e. The Morgan fingerprint density at radius 1 is 1.53 bits per heavy atom. The number of hydrogen-bond donors (Lipinski definition) is 2. The minimum atomic E-state index is -0.865. The van der Waals surface area contributed by atoms with Crippen molar-refractivity contribution in [2.45, 2.75) is 12.8 Å². The van der Waals surface area contributed by atoms with Crippen LogP contribution in [-0.4, -0.2) is 29.1 Å². The molecule has 7 nitrogen and oxygen atoms in total. The van der Waals surface area contributed by atoms with Crippen LogP contribution in [0.5, 0.6) is 0 Å². The topological polar surface area (TPSA) is 110 Å². The molecule has 1 aliphatic heterocycles. The van der Waals surface area contributed by atoms with Crippen LogP contribution in [0.25, 0.3) is 0 Å². The second-order valence-corrected chi connectivity index (χ2v) is 4.63. The van der Waals surface area contributed by atoms with E-state index in [1.807, 2.05) is 0 Å². The van der Waals surface area contributed by atoms with Crippen molar-refractivity contribution in [3.63, 3.8) is 0 Å². The van der Waals surface area contributed by atoms with Crippen LogP contribution in [0.3, 0.4) is 0 Å². The molecule has 1 heterocycles. The number of nitro groups is 1. The summed E-state index contributed by atoms with van der Waals surface area (Å²) < 4.78 is 0. The average molecular weight is 265 g/mol. The van der Waals surface area contributed by atoms with Gasteiger partial charge in [-0.15, -0.1) is 0 Å². The lowest BCUT2D eigenvalue weighted by Gasteiger charge is -2.32. The van der Waals surface area contributed by atoms with E-state index < -0.39 is 16.8 Å². The molecule has 2 rings (SSSR count). The summed E-state index contributed by atoms with van der Waals surface area (Å²) in [6, 6.07) is 4.36. The predicted molar refractivity (Wildman–Crippen MR) is 70.1 cm³/mol. The van der Waals surface area contributed by atoms with E-state index in [1.54, 1.807) is 4.90 Å². The van der Waals surface area contributed by atoms with Crippen molar-refractivity contribution in [3.8, 4) is 0 Å². The third-order valence-electron chi connectivity index (χ3n) is 3.31. The molecule has 0 saturated carbocycles. The molecule has 1 saturated heterocycles. The number of aliphatic carboxylic acids is 1. The zero-order valence-electron chi connectivity index (χ0n) is 10.3. The predicted octanol–water partition coefficient (Wildman–Crippen LogP) is 1.48. The van der Waals surface area contributed by atoms with Crippen molar-refractivity contribution >= 4 is 23.0 Å². The van der Waals surface area contributed by atoms with Gasteiger partial charge in [0.05, 0.1) is 10.8 Å². The summed E-state index contributed by atoms with van der Waals surface area (Å²) in [4.78, 5) is 23.3. The van der Waals surface area contributed by atoms with Gasteiger partial charge >= 0.3 is 5.97 Å². The molecular formula is C12H15N3O4. The highest BCUT2D eigenvalue weighted by Gasteiger charge is 2.29. The number of nitrogens with two attached hydrogens (primary N) is 1. The first kappa shape index (κ1) is 13.1. The number of rotatable bonds is 3. The molecule has 0 radical (unpaired) electrons. The molecule has 102 valence electrons. The number of carboxylic acids is 1. The Morgan fingerprint density at radius 3 is 2.89 bits per heavy atom. The number of benzene rings is 1. The molecule has 1 aromatic carbocycles. The van der Waals surface area contributed by atoms with Gasteiger partial charge in [-0.05, 0) is 25.0 Å². The third kappa shape index (κ3) is 2.75. The molecule has 0 aliphatic carbocycles. The summed E-state index contributed by atoms with van der Waals surface area (Å²) in [5.74, 6) is -1.36. The van der Waals surface area contributed by atoms with Gasteiger partial charge < -0.3 is 15.7 Å². The van der Waals surface area contributed by atoms with Crippen molar-refractivity contribution in [2.75, 3.05) is 23.7 Å². The van der Waals surface area contributed by atoms with E-state index in [1.165, 1.54) is 18.2 Å². The maximum atomic E-state index is 11.0. The highest BCUT2D eigenvalue weighted by Crippen LogP contribution is 2.33. The molecule has 1 aliphatic rings.